The first kappa shape index (κ1) is 10.5. The highest BCUT2D eigenvalue weighted by atomic mass is 16.7. The van der Waals surface area contributed by atoms with E-state index in [0.29, 0.717) is 6.79 Å². The molecule has 1 heterocycles. The molecule has 1 aromatic rings. The van der Waals surface area contributed by atoms with Gasteiger partial charge in [-0.2, -0.15) is 0 Å². The van der Waals surface area contributed by atoms with Crippen molar-refractivity contribution in [2.75, 3.05) is 27.0 Å². The molecule has 3 nitrogen and oxygen atoms in total. The third-order valence-electron chi connectivity index (χ3n) is 2.66. The number of ether oxygens (including phenoxy) is 2. The average molecular weight is 207 g/mol. The zero-order valence-electron chi connectivity index (χ0n) is 9.08. The van der Waals surface area contributed by atoms with Gasteiger partial charge < -0.3 is 14.8 Å². The average Bonchev–Trinajstić information content (AvgIpc) is 2.50. The minimum atomic E-state index is 0.317. The predicted molar refractivity (Wildman–Crippen MR) is 59.2 cm³/mol. The molecule has 0 fully saturated rings. The zero-order chi connectivity index (χ0) is 10.5. The molecule has 0 bridgehead atoms. The Hall–Kier alpha value is -1.06. The van der Waals surface area contributed by atoms with E-state index in [9.17, 15) is 0 Å². The van der Waals surface area contributed by atoms with Crippen LogP contribution in [0.25, 0.3) is 0 Å². The number of methoxy groups -OCH3 is 1. The van der Waals surface area contributed by atoms with Crippen LogP contribution in [-0.2, 0) is 17.6 Å². The van der Waals surface area contributed by atoms with Gasteiger partial charge in [0.05, 0.1) is 0 Å². The Morgan fingerprint density at radius 1 is 1.20 bits per heavy atom. The van der Waals surface area contributed by atoms with Crippen LogP contribution in [-0.4, -0.2) is 27.0 Å². The molecule has 1 aliphatic heterocycles. The van der Waals surface area contributed by atoms with Gasteiger partial charge in [0.15, 0.2) is 6.79 Å². The fourth-order valence-corrected chi connectivity index (χ4v) is 1.87. The molecule has 0 aliphatic carbocycles. The summed E-state index contributed by atoms with van der Waals surface area (Å²) in [5, 5.41) is 3.39. The molecule has 82 valence electrons. The van der Waals surface area contributed by atoms with Crippen LogP contribution in [0.4, 0.5) is 0 Å². The summed E-state index contributed by atoms with van der Waals surface area (Å²) >= 11 is 0. The molecular formula is C12H17NO2. The highest BCUT2D eigenvalue weighted by Crippen LogP contribution is 2.20. The molecule has 1 aromatic carbocycles. The standard InChI is InChI=1S/C12H17NO2/c1-14-9-15-12-3-2-10-4-6-13-7-5-11(10)8-12/h2-3,8,13H,4-7,9H2,1H3. The molecule has 1 N–H and O–H groups in total. The topological polar surface area (TPSA) is 30.5 Å². The normalized spacial score (nSPS) is 15.5. The van der Waals surface area contributed by atoms with Crippen LogP contribution in [0.5, 0.6) is 5.75 Å². The fourth-order valence-electron chi connectivity index (χ4n) is 1.87. The Kier molecular flexibility index (Phi) is 3.59. The molecule has 0 atom stereocenters. The molecule has 0 radical (unpaired) electrons. The van der Waals surface area contributed by atoms with Gasteiger partial charge in [-0.1, -0.05) is 6.07 Å². The second-order valence-corrected chi connectivity index (χ2v) is 3.73. The third kappa shape index (κ3) is 2.70. The van der Waals surface area contributed by atoms with E-state index in [1.165, 1.54) is 11.1 Å². The number of rotatable bonds is 3. The first-order valence-electron chi connectivity index (χ1n) is 5.34. The van der Waals surface area contributed by atoms with Crippen molar-refractivity contribution in [1.82, 2.24) is 5.32 Å². The van der Waals surface area contributed by atoms with Gasteiger partial charge >= 0.3 is 0 Å². The molecule has 15 heavy (non-hydrogen) atoms. The molecule has 0 saturated heterocycles. The predicted octanol–water partition coefficient (Wildman–Crippen LogP) is 1.36. The van der Waals surface area contributed by atoms with Gasteiger partial charge in [0, 0.05) is 7.11 Å². The Balaban J connectivity index is 2.13. The van der Waals surface area contributed by atoms with E-state index in [4.69, 9.17) is 9.47 Å². The number of fused-ring (bicyclic) bond motifs is 1. The summed E-state index contributed by atoms with van der Waals surface area (Å²) in [5.74, 6) is 0.900. The Bertz CT molecular complexity index is 325. The van der Waals surface area contributed by atoms with E-state index < -0.39 is 0 Å². The summed E-state index contributed by atoms with van der Waals surface area (Å²) in [6.45, 7) is 2.45. The SMILES string of the molecule is COCOc1ccc2c(c1)CCNCC2. The number of nitrogens with one attached hydrogen (secondary N) is 1. The van der Waals surface area contributed by atoms with E-state index in [0.717, 1.165) is 31.7 Å². The van der Waals surface area contributed by atoms with Crippen LogP contribution in [0, 0.1) is 0 Å². The largest absolute Gasteiger partial charge is 0.468 e. The number of benzene rings is 1. The lowest BCUT2D eigenvalue weighted by atomic mass is 10.0. The molecule has 0 unspecified atom stereocenters. The lowest BCUT2D eigenvalue weighted by molar-refractivity contribution is 0.0511. The molecule has 1 aliphatic rings. The van der Waals surface area contributed by atoms with E-state index >= 15 is 0 Å². The van der Waals surface area contributed by atoms with E-state index in [-0.39, 0.29) is 0 Å². The van der Waals surface area contributed by atoms with Gasteiger partial charge in [0.2, 0.25) is 0 Å². The summed E-state index contributed by atoms with van der Waals surface area (Å²) in [4.78, 5) is 0. The van der Waals surface area contributed by atoms with Crippen LogP contribution in [0.15, 0.2) is 18.2 Å². The monoisotopic (exact) mass is 207 g/mol. The molecule has 0 saturated carbocycles. The van der Waals surface area contributed by atoms with Crippen molar-refractivity contribution >= 4 is 0 Å². The van der Waals surface area contributed by atoms with E-state index in [2.05, 4.69) is 17.4 Å². The summed E-state index contributed by atoms with van der Waals surface area (Å²) in [6.07, 6.45) is 2.19. The van der Waals surface area contributed by atoms with Crippen molar-refractivity contribution < 1.29 is 9.47 Å². The second kappa shape index (κ2) is 5.14. The quantitative estimate of drug-likeness (QED) is 0.759. The molecule has 2 rings (SSSR count). The van der Waals surface area contributed by atoms with E-state index in [1.807, 2.05) is 6.07 Å². The van der Waals surface area contributed by atoms with Crippen molar-refractivity contribution in [1.29, 1.82) is 0 Å². The maximum atomic E-state index is 5.42. The van der Waals surface area contributed by atoms with Crippen LogP contribution in [0.2, 0.25) is 0 Å². The van der Waals surface area contributed by atoms with Gasteiger partial charge in [-0.15, -0.1) is 0 Å². The highest BCUT2D eigenvalue weighted by molar-refractivity contribution is 5.36. The van der Waals surface area contributed by atoms with Crippen molar-refractivity contribution in [2.45, 2.75) is 12.8 Å². The van der Waals surface area contributed by atoms with E-state index in [1.54, 1.807) is 7.11 Å². The van der Waals surface area contributed by atoms with Crippen LogP contribution in [0.3, 0.4) is 0 Å². The smallest absolute Gasteiger partial charge is 0.188 e. The first-order valence-corrected chi connectivity index (χ1v) is 5.34. The van der Waals surface area contributed by atoms with Gasteiger partial charge in [0.25, 0.3) is 0 Å². The summed E-state index contributed by atoms with van der Waals surface area (Å²) < 4.78 is 10.3. The van der Waals surface area contributed by atoms with Gasteiger partial charge in [-0.25, -0.2) is 0 Å². The molecule has 3 heteroatoms. The van der Waals surface area contributed by atoms with Crippen LogP contribution < -0.4 is 10.1 Å². The summed E-state index contributed by atoms with van der Waals surface area (Å²) in [7, 11) is 1.63. The Labute approximate surface area is 90.4 Å². The molecule has 0 aromatic heterocycles. The van der Waals surface area contributed by atoms with Gasteiger partial charge in [-0.05, 0) is 49.2 Å². The van der Waals surface area contributed by atoms with Crippen molar-refractivity contribution in [2.24, 2.45) is 0 Å². The number of hydrogen-bond acceptors (Lipinski definition) is 3. The van der Waals surface area contributed by atoms with Gasteiger partial charge in [0.1, 0.15) is 5.75 Å². The Morgan fingerprint density at radius 3 is 2.80 bits per heavy atom. The highest BCUT2D eigenvalue weighted by Gasteiger charge is 2.08. The summed E-state index contributed by atoms with van der Waals surface area (Å²) in [5.41, 5.74) is 2.83. The maximum Gasteiger partial charge on any atom is 0.188 e. The minimum absolute atomic E-state index is 0.317. The van der Waals surface area contributed by atoms with Crippen LogP contribution >= 0.6 is 0 Å². The third-order valence-corrected chi connectivity index (χ3v) is 2.66. The minimum Gasteiger partial charge on any atom is -0.468 e. The zero-order valence-corrected chi connectivity index (χ0v) is 9.08. The van der Waals surface area contributed by atoms with Crippen molar-refractivity contribution in [3.63, 3.8) is 0 Å². The van der Waals surface area contributed by atoms with Crippen molar-refractivity contribution in [3.05, 3.63) is 29.3 Å². The fraction of sp³-hybridized carbons (Fsp3) is 0.500. The number of hydrogen-bond donors (Lipinski definition) is 1. The maximum absolute atomic E-state index is 5.42. The molecule has 0 amide bonds. The summed E-state index contributed by atoms with van der Waals surface area (Å²) in [6, 6.07) is 6.30. The molecule has 0 spiro atoms. The lowest BCUT2D eigenvalue weighted by Gasteiger charge is -2.09. The molecular weight excluding hydrogens is 190 g/mol. The Morgan fingerprint density at radius 2 is 2.00 bits per heavy atom. The lowest BCUT2D eigenvalue weighted by Crippen LogP contribution is -2.16. The first-order chi connectivity index (χ1) is 7.40. The van der Waals surface area contributed by atoms with Crippen molar-refractivity contribution in [3.8, 4) is 5.75 Å². The second-order valence-electron chi connectivity index (χ2n) is 3.73. The van der Waals surface area contributed by atoms with Gasteiger partial charge in [-0.3, -0.25) is 0 Å². The van der Waals surface area contributed by atoms with Crippen LogP contribution in [0.1, 0.15) is 11.1 Å².